The summed E-state index contributed by atoms with van der Waals surface area (Å²) in [5.41, 5.74) is 0.483. The second-order valence-corrected chi connectivity index (χ2v) is 5.41. The molecule has 5 heteroatoms. The van der Waals surface area contributed by atoms with Crippen LogP contribution in [0.25, 0.3) is 0 Å². The van der Waals surface area contributed by atoms with Crippen LogP contribution in [-0.4, -0.2) is 4.98 Å². The fourth-order valence-electron chi connectivity index (χ4n) is 1.25. The summed E-state index contributed by atoms with van der Waals surface area (Å²) in [6, 6.07) is 11.2. The first kappa shape index (κ1) is 12.4. The number of halogens is 2. The van der Waals surface area contributed by atoms with Crippen molar-refractivity contribution in [2.24, 2.45) is 0 Å². The first-order chi connectivity index (χ1) is 8.22. The van der Waals surface area contributed by atoms with Crippen LogP contribution in [0, 0.1) is 11.3 Å². The lowest BCUT2D eigenvalue weighted by Crippen LogP contribution is -1.85. The monoisotopic (exact) mass is 324 g/mol. The van der Waals surface area contributed by atoms with Crippen LogP contribution in [0.2, 0.25) is 5.02 Å². The van der Waals surface area contributed by atoms with Crippen molar-refractivity contribution in [1.82, 2.24) is 4.98 Å². The minimum Gasteiger partial charge on any atom is -0.248 e. The molecule has 2 rings (SSSR count). The van der Waals surface area contributed by atoms with Crippen LogP contribution < -0.4 is 0 Å². The predicted octanol–water partition coefficient (Wildman–Crippen LogP) is 4.52. The fraction of sp³-hybridized carbons (Fsp3) is 0. The highest BCUT2D eigenvalue weighted by Crippen LogP contribution is 2.35. The third kappa shape index (κ3) is 2.81. The van der Waals surface area contributed by atoms with Crippen LogP contribution in [0.3, 0.4) is 0 Å². The van der Waals surface area contributed by atoms with Gasteiger partial charge in [0.15, 0.2) is 0 Å². The molecule has 84 valence electrons. The Bertz CT molecular complexity index is 595. The first-order valence-electron chi connectivity index (χ1n) is 4.69. The van der Waals surface area contributed by atoms with Crippen molar-refractivity contribution < 1.29 is 0 Å². The Kier molecular flexibility index (Phi) is 4.06. The van der Waals surface area contributed by atoms with E-state index in [2.05, 4.69) is 27.0 Å². The number of rotatable bonds is 2. The summed E-state index contributed by atoms with van der Waals surface area (Å²) in [5, 5.41) is 10.3. The lowest BCUT2D eigenvalue weighted by molar-refractivity contribution is 1.11. The summed E-state index contributed by atoms with van der Waals surface area (Å²) in [5.74, 6) is 0. The Balaban J connectivity index is 2.41. The molecule has 0 bridgehead atoms. The summed E-state index contributed by atoms with van der Waals surface area (Å²) in [4.78, 5) is 5.05. The molecule has 0 fully saturated rings. The predicted molar refractivity (Wildman–Crippen MR) is 72.2 cm³/mol. The third-order valence-corrected chi connectivity index (χ3v) is 4.31. The Labute approximate surface area is 117 Å². The maximum atomic E-state index is 9.07. The van der Waals surface area contributed by atoms with E-state index in [-0.39, 0.29) is 0 Å². The van der Waals surface area contributed by atoms with Crippen molar-refractivity contribution in [2.45, 2.75) is 9.92 Å². The molecule has 1 aromatic carbocycles. The number of hydrogen-bond donors (Lipinski definition) is 0. The molecule has 0 aliphatic heterocycles. The second kappa shape index (κ2) is 5.54. The highest BCUT2D eigenvalue weighted by molar-refractivity contribution is 9.10. The maximum absolute atomic E-state index is 9.07. The molecule has 0 aliphatic rings. The smallest absolute Gasteiger partial charge is 0.115 e. The van der Waals surface area contributed by atoms with Crippen molar-refractivity contribution in [3.05, 3.63) is 51.6 Å². The zero-order valence-electron chi connectivity index (χ0n) is 8.52. The van der Waals surface area contributed by atoms with Gasteiger partial charge in [0, 0.05) is 11.1 Å². The summed E-state index contributed by atoms with van der Waals surface area (Å²) < 4.78 is 0.897. The molecule has 17 heavy (non-hydrogen) atoms. The van der Waals surface area contributed by atoms with Gasteiger partial charge in [-0.25, -0.2) is 4.98 Å². The standard InChI is InChI=1S/C12H6BrClN2S/c13-9-3-2-6-16-12(9)17-11-5-1-4-10(14)8(11)7-15/h1-6H. The summed E-state index contributed by atoms with van der Waals surface area (Å²) in [6.07, 6.45) is 1.71. The van der Waals surface area contributed by atoms with Gasteiger partial charge in [0.1, 0.15) is 11.1 Å². The van der Waals surface area contributed by atoms with Gasteiger partial charge in [-0.2, -0.15) is 5.26 Å². The van der Waals surface area contributed by atoms with Crippen LogP contribution >= 0.6 is 39.3 Å². The molecule has 1 heterocycles. The van der Waals surface area contributed by atoms with Gasteiger partial charge in [-0.15, -0.1) is 0 Å². The molecule has 0 N–H and O–H groups in total. The highest BCUT2D eigenvalue weighted by Gasteiger charge is 2.10. The van der Waals surface area contributed by atoms with Gasteiger partial charge < -0.3 is 0 Å². The SMILES string of the molecule is N#Cc1c(Cl)cccc1Sc1ncccc1Br. The molecule has 0 saturated heterocycles. The summed E-state index contributed by atoms with van der Waals surface area (Å²) in [6.45, 7) is 0. The van der Waals surface area contributed by atoms with E-state index in [0.29, 0.717) is 10.6 Å². The molecule has 0 saturated carbocycles. The van der Waals surface area contributed by atoms with Crippen LogP contribution in [0.5, 0.6) is 0 Å². The van der Waals surface area contributed by atoms with Crippen LogP contribution in [0.4, 0.5) is 0 Å². The number of pyridine rings is 1. The van der Waals surface area contributed by atoms with E-state index in [9.17, 15) is 0 Å². The molecule has 2 aromatic rings. The van der Waals surface area contributed by atoms with Crippen LogP contribution in [0.1, 0.15) is 5.56 Å². The normalized spacial score (nSPS) is 9.94. The second-order valence-electron chi connectivity index (χ2n) is 3.12. The highest BCUT2D eigenvalue weighted by atomic mass is 79.9. The van der Waals surface area contributed by atoms with E-state index in [1.54, 1.807) is 12.3 Å². The van der Waals surface area contributed by atoms with Crippen molar-refractivity contribution in [1.29, 1.82) is 5.26 Å². The van der Waals surface area contributed by atoms with Crippen molar-refractivity contribution in [3.8, 4) is 6.07 Å². The lowest BCUT2D eigenvalue weighted by atomic mass is 10.2. The van der Waals surface area contributed by atoms with Gasteiger partial charge in [-0.05, 0) is 40.2 Å². The zero-order valence-corrected chi connectivity index (χ0v) is 11.7. The van der Waals surface area contributed by atoms with Gasteiger partial charge in [0.05, 0.1) is 15.1 Å². The van der Waals surface area contributed by atoms with Crippen molar-refractivity contribution in [2.75, 3.05) is 0 Å². The quantitative estimate of drug-likeness (QED) is 0.814. The van der Waals surface area contributed by atoms with Gasteiger partial charge in [-0.1, -0.05) is 29.4 Å². The number of benzene rings is 1. The zero-order chi connectivity index (χ0) is 12.3. The van der Waals surface area contributed by atoms with E-state index in [4.69, 9.17) is 16.9 Å². The summed E-state index contributed by atoms with van der Waals surface area (Å²) in [7, 11) is 0. The molecule has 1 aromatic heterocycles. The molecule has 0 radical (unpaired) electrons. The Morgan fingerprint density at radius 1 is 1.29 bits per heavy atom. The minimum absolute atomic E-state index is 0.463. The average Bonchev–Trinajstić information content (AvgIpc) is 2.32. The van der Waals surface area contributed by atoms with Gasteiger partial charge in [0.25, 0.3) is 0 Å². The molecule has 0 aliphatic carbocycles. The van der Waals surface area contributed by atoms with E-state index >= 15 is 0 Å². The Morgan fingerprint density at radius 3 is 2.82 bits per heavy atom. The number of aromatic nitrogens is 1. The van der Waals surface area contributed by atoms with Gasteiger partial charge in [0.2, 0.25) is 0 Å². The maximum Gasteiger partial charge on any atom is 0.115 e. The molecule has 2 nitrogen and oxygen atoms in total. The largest absolute Gasteiger partial charge is 0.248 e. The number of nitriles is 1. The molecular weight excluding hydrogens is 320 g/mol. The third-order valence-electron chi connectivity index (χ3n) is 2.02. The minimum atomic E-state index is 0.463. The van der Waals surface area contributed by atoms with E-state index < -0.39 is 0 Å². The number of nitrogens with zero attached hydrogens (tertiary/aromatic N) is 2. The van der Waals surface area contributed by atoms with Gasteiger partial charge >= 0.3 is 0 Å². The topological polar surface area (TPSA) is 36.7 Å². The van der Waals surface area contributed by atoms with Crippen LogP contribution in [0.15, 0.2) is 50.9 Å². The molecule has 0 amide bonds. The van der Waals surface area contributed by atoms with Crippen LogP contribution in [-0.2, 0) is 0 Å². The Hall–Kier alpha value is -1.02. The van der Waals surface area contributed by atoms with Crippen molar-refractivity contribution >= 4 is 39.3 Å². The molecule has 0 spiro atoms. The van der Waals surface area contributed by atoms with E-state index in [0.717, 1.165) is 14.4 Å². The summed E-state index contributed by atoms with van der Waals surface area (Å²) >= 11 is 10.8. The molecular formula is C12H6BrClN2S. The average molecular weight is 326 g/mol. The molecule has 0 unspecified atom stereocenters. The van der Waals surface area contributed by atoms with E-state index in [1.807, 2.05) is 24.3 Å². The molecule has 0 atom stereocenters. The van der Waals surface area contributed by atoms with Crippen molar-refractivity contribution in [3.63, 3.8) is 0 Å². The fourth-order valence-corrected chi connectivity index (χ4v) is 2.91. The Morgan fingerprint density at radius 2 is 2.12 bits per heavy atom. The first-order valence-corrected chi connectivity index (χ1v) is 6.68. The number of hydrogen-bond acceptors (Lipinski definition) is 3. The lowest BCUT2D eigenvalue weighted by Gasteiger charge is -2.05. The van der Waals surface area contributed by atoms with Gasteiger partial charge in [-0.3, -0.25) is 0 Å². The van der Waals surface area contributed by atoms with E-state index in [1.165, 1.54) is 11.8 Å².